The predicted molar refractivity (Wildman–Crippen MR) is 77.2 cm³/mol. The average molecular weight is 267 g/mol. The Hall–Kier alpha value is -1.00. The summed E-state index contributed by atoms with van der Waals surface area (Å²) in [5.74, 6) is 0.904. The average Bonchev–Trinajstić information content (AvgIpc) is 2.31. The molecule has 3 N–H and O–H groups in total. The van der Waals surface area contributed by atoms with Crippen LogP contribution >= 0.6 is 11.8 Å². The van der Waals surface area contributed by atoms with Gasteiger partial charge < -0.3 is 10.8 Å². The van der Waals surface area contributed by atoms with Gasteiger partial charge in [-0.1, -0.05) is 18.2 Å². The van der Waals surface area contributed by atoms with Gasteiger partial charge in [-0.2, -0.15) is 11.8 Å². The molecular formula is C14H21NO2S. The van der Waals surface area contributed by atoms with E-state index in [4.69, 9.17) is 10.8 Å². The third-order valence-electron chi connectivity index (χ3n) is 3.03. The zero-order valence-corrected chi connectivity index (χ0v) is 11.8. The van der Waals surface area contributed by atoms with Gasteiger partial charge in [0.05, 0.1) is 0 Å². The van der Waals surface area contributed by atoms with Crippen LogP contribution in [-0.4, -0.2) is 28.6 Å². The van der Waals surface area contributed by atoms with Crippen LogP contribution in [0.1, 0.15) is 23.1 Å². The molecule has 0 bridgehead atoms. The summed E-state index contributed by atoms with van der Waals surface area (Å²) in [6.45, 7) is 4.26. The number of aliphatic carboxylic acids is 1. The van der Waals surface area contributed by atoms with E-state index in [2.05, 4.69) is 32.0 Å². The third kappa shape index (κ3) is 4.70. The van der Waals surface area contributed by atoms with Crippen molar-refractivity contribution in [2.45, 2.75) is 32.7 Å². The summed E-state index contributed by atoms with van der Waals surface area (Å²) in [6.07, 6.45) is 1.57. The Labute approximate surface area is 113 Å². The molecule has 0 saturated carbocycles. The Kier molecular flexibility index (Phi) is 6.22. The van der Waals surface area contributed by atoms with Gasteiger partial charge in [0, 0.05) is 0 Å². The van der Waals surface area contributed by atoms with Crippen LogP contribution in [0.3, 0.4) is 0 Å². The minimum Gasteiger partial charge on any atom is -0.480 e. The fourth-order valence-electron chi connectivity index (χ4n) is 1.85. The van der Waals surface area contributed by atoms with Crippen molar-refractivity contribution in [2.24, 2.45) is 5.73 Å². The summed E-state index contributed by atoms with van der Waals surface area (Å²) in [5, 5.41) is 8.66. The fourth-order valence-corrected chi connectivity index (χ4v) is 2.83. The van der Waals surface area contributed by atoms with Crippen LogP contribution < -0.4 is 5.73 Å². The highest BCUT2D eigenvalue weighted by Gasteiger charge is 2.10. The second-order valence-corrected chi connectivity index (χ2v) is 5.69. The number of carboxylic acid groups (broad SMARTS) is 1. The number of thioether (sulfide) groups is 1. The first-order chi connectivity index (χ1) is 8.52. The number of carbonyl (C=O) groups is 1. The molecule has 0 aliphatic rings. The van der Waals surface area contributed by atoms with Crippen molar-refractivity contribution < 1.29 is 9.90 Å². The van der Waals surface area contributed by atoms with Gasteiger partial charge >= 0.3 is 5.97 Å². The van der Waals surface area contributed by atoms with Crippen molar-refractivity contribution >= 4 is 17.7 Å². The highest BCUT2D eigenvalue weighted by atomic mass is 32.2. The lowest BCUT2D eigenvalue weighted by atomic mass is 10.0. The minimum atomic E-state index is -0.912. The SMILES string of the molecule is Cc1cccc(C)c1CCSCCC(N)C(=O)O. The van der Waals surface area contributed by atoms with Crippen molar-refractivity contribution in [2.75, 3.05) is 11.5 Å². The smallest absolute Gasteiger partial charge is 0.320 e. The van der Waals surface area contributed by atoms with Crippen LogP contribution in [0.4, 0.5) is 0 Å². The zero-order chi connectivity index (χ0) is 13.5. The van der Waals surface area contributed by atoms with E-state index in [0.717, 1.165) is 17.9 Å². The van der Waals surface area contributed by atoms with E-state index >= 15 is 0 Å². The van der Waals surface area contributed by atoms with Crippen molar-refractivity contribution in [3.63, 3.8) is 0 Å². The number of hydrogen-bond acceptors (Lipinski definition) is 3. The zero-order valence-electron chi connectivity index (χ0n) is 11.0. The van der Waals surface area contributed by atoms with Crippen LogP contribution in [0.25, 0.3) is 0 Å². The number of aryl methyl sites for hydroxylation is 2. The largest absolute Gasteiger partial charge is 0.480 e. The molecule has 100 valence electrons. The van der Waals surface area contributed by atoms with Gasteiger partial charge in [-0.3, -0.25) is 4.79 Å². The molecule has 0 saturated heterocycles. The summed E-state index contributed by atoms with van der Waals surface area (Å²) in [4.78, 5) is 10.5. The number of rotatable bonds is 7. The molecule has 3 nitrogen and oxygen atoms in total. The summed E-state index contributed by atoms with van der Waals surface area (Å²) in [5.41, 5.74) is 9.52. The van der Waals surface area contributed by atoms with Crippen LogP contribution in [0.15, 0.2) is 18.2 Å². The monoisotopic (exact) mass is 267 g/mol. The van der Waals surface area contributed by atoms with Crippen molar-refractivity contribution in [3.05, 3.63) is 34.9 Å². The summed E-state index contributed by atoms with van der Waals surface area (Å²) < 4.78 is 0. The maximum Gasteiger partial charge on any atom is 0.320 e. The normalized spacial score (nSPS) is 12.4. The minimum absolute atomic E-state index is 0.534. The van der Waals surface area contributed by atoms with E-state index in [9.17, 15) is 4.79 Å². The van der Waals surface area contributed by atoms with Gasteiger partial charge in [-0.05, 0) is 54.9 Å². The molecule has 0 heterocycles. The van der Waals surface area contributed by atoms with Crippen LogP contribution in [0.5, 0.6) is 0 Å². The van der Waals surface area contributed by atoms with E-state index in [0.29, 0.717) is 6.42 Å². The Bertz CT molecular complexity index is 387. The lowest BCUT2D eigenvalue weighted by molar-refractivity contribution is -0.138. The molecule has 0 aliphatic carbocycles. The molecule has 1 rings (SSSR count). The van der Waals surface area contributed by atoms with Crippen molar-refractivity contribution in [3.8, 4) is 0 Å². The highest BCUT2D eigenvalue weighted by molar-refractivity contribution is 7.99. The first-order valence-corrected chi connectivity index (χ1v) is 7.29. The lowest BCUT2D eigenvalue weighted by Crippen LogP contribution is -2.30. The van der Waals surface area contributed by atoms with Gasteiger partial charge in [0.1, 0.15) is 6.04 Å². The molecule has 1 unspecified atom stereocenters. The molecule has 1 aromatic rings. The molecule has 0 aliphatic heterocycles. The molecule has 0 amide bonds. The van der Waals surface area contributed by atoms with Gasteiger partial charge in [0.25, 0.3) is 0 Å². The first kappa shape index (κ1) is 15.1. The van der Waals surface area contributed by atoms with E-state index in [-0.39, 0.29) is 0 Å². The van der Waals surface area contributed by atoms with Crippen LogP contribution in [-0.2, 0) is 11.2 Å². The third-order valence-corrected chi connectivity index (χ3v) is 4.05. The second-order valence-electron chi connectivity index (χ2n) is 4.47. The molecule has 0 aromatic heterocycles. The lowest BCUT2D eigenvalue weighted by Gasteiger charge is -2.10. The predicted octanol–water partition coefficient (Wildman–Crippen LogP) is 2.38. The molecule has 4 heteroatoms. The quantitative estimate of drug-likeness (QED) is 0.745. The number of carboxylic acids is 1. The van der Waals surface area contributed by atoms with E-state index < -0.39 is 12.0 Å². The maximum atomic E-state index is 10.5. The highest BCUT2D eigenvalue weighted by Crippen LogP contribution is 2.16. The van der Waals surface area contributed by atoms with Gasteiger partial charge in [0.15, 0.2) is 0 Å². The summed E-state index contributed by atoms with van der Waals surface area (Å²) in [6, 6.07) is 5.62. The fraction of sp³-hybridized carbons (Fsp3) is 0.500. The Morgan fingerprint density at radius 3 is 2.50 bits per heavy atom. The molecular weight excluding hydrogens is 246 g/mol. The molecule has 1 aromatic carbocycles. The van der Waals surface area contributed by atoms with Crippen LogP contribution in [0.2, 0.25) is 0 Å². The van der Waals surface area contributed by atoms with Gasteiger partial charge in [-0.25, -0.2) is 0 Å². The van der Waals surface area contributed by atoms with E-state index in [1.165, 1.54) is 16.7 Å². The molecule has 0 fully saturated rings. The van der Waals surface area contributed by atoms with Crippen molar-refractivity contribution in [1.82, 2.24) is 0 Å². The van der Waals surface area contributed by atoms with E-state index in [1.807, 2.05) is 0 Å². The molecule has 0 spiro atoms. The summed E-state index contributed by atoms with van der Waals surface area (Å²) in [7, 11) is 0. The van der Waals surface area contributed by atoms with Gasteiger partial charge in [-0.15, -0.1) is 0 Å². The standard InChI is InChI=1S/C14H21NO2S/c1-10-4-3-5-11(2)12(10)6-8-18-9-7-13(15)14(16)17/h3-5,13H,6-9,15H2,1-2H3,(H,16,17). The van der Waals surface area contributed by atoms with Crippen molar-refractivity contribution in [1.29, 1.82) is 0 Å². The Morgan fingerprint density at radius 2 is 1.94 bits per heavy atom. The molecule has 0 radical (unpaired) electrons. The molecule has 1 atom stereocenters. The van der Waals surface area contributed by atoms with E-state index in [1.54, 1.807) is 11.8 Å². The van der Waals surface area contributed by atoms with Crippen LogP contribution in [0, 0.1) is 13.8 Å². The Morgan fingerprint density at radius 1 is 1.33 bits per heavy atom. The number of hydrogen-bond donors (Lipinski definition) is 2. The molecule has 18 heavy (non-hydrogen) atoms. The first-order valence-electron chi connectivity index (χ1n) is 6.13. The Balaban J connectivity index is 2.28. The number of benzene rings is 1. The van der Waals surface area contributed by atoms with Gasteiger partial charge in [0.2, 0.25) is 0 Å². The maximum absolute atomic E-state index is 10.5. The topological polar surface area (TPSA) is 63.3 Å². The summed E-state index contributed by atoms with van der Waals surface area (Å²) >= 11 is 1.77. The number of nitrogens with two attached hydrogens (primary N) is 1. The second kappa shape index (κ2) is 7.44.